The second-order valence-electron chi connectivity index (χ2n) is 4.44. The summed E-state index contributed by atoms with van der Waals surface area (Å²) in [6, 6.07) is 13.1. The fraction of sp³-hybridized carbons (Fsp3) is 0.188. The van der Waals surface area contributed by atoms with Crippen molar-refractivity contribution in [2.75, 3.05) is 6.54 Å². The molecular formula is C16H16N2O2. The van der Waals surface area contributed by atoms with E-state index in [1.54, 1.807) is 18.3 Å². The quantitative estimate of drug-likeness (QED) is 0.643. The molecule has 1 N–H and O–H groups in total. The molecule has 20 heavy (non-hydrogen) atoms. The average molecular weight is 268 g/mol. The van der Waals surface area contributed by atoms with E-state index >= 15 is 0 Å². The lowest BCUT2D eigenvalue weighted by molar-refractivity contribution is 0.107. The zero-order valence-corrected chi connectivity index (χ0v) is 11.0. The van der Waals surface area contributed by atoms with Crippen LogP contribution in [0, 0.1) is 0 Å². The van der Waals surface area contributed by atoms with Gasteiger partial charge < -0.3 is 5.11 Å². The van der Waals surface area contributed by atoms with Crippen LogP contribution in [0.5, 0.6) is 0 Å². The van der Waals surface area contributed by atoms with Crippen LogP contribution >= 0.6 is 0 Å². The van der Waals surface area contributed by atoms with Gasteiger partial charge in [-0.3, -0.25) is 14.8 Å². The maximum absolute atomic E-state index is 11.7. The molecule has 1 atom stereocenters. The minimum Gasteiger partial charge on any atom is -0.391 e. The van der Waals surface area contributed by atoms with Crippen molar-refractivity contribution in [2.45, 2.75) is 12.5 Å². The molecule has 0 bridgehead atoms. The molecule has 1 heterocycles. The number of rotatable bonds is 6. The van der Waals surface area contributed by atoms with Gasteiger partial charge in [0.15, 0.2) is 0 Å². The maximum atomic E-state index is 11.7. The van der Waals surface area contributed by atoms with Crippen molar-refractivity contribution < 1.29 is 9.90 Å². The number of benzene rings is 1. The van der Waals surface area contributed by atoms with Gasteiger partial charge in [-0.1, -0.05) is 30.3 Å². The Hall–Kier alpha value is -2.33. The van der Waals surface area contributed by atoms with E-state index in [9.17, 15) is 9.90 Å². The van der Waals surface area contributed by atoms with Crippen molar-refractivity contribution in [3.63, 3.8) is 0 Å². The van der Waals surface area contributed by atoms with Crippen LogP contribution in [0.15, 0.2) is 59.9 Å². The Morgan fingerprint density at radius 2 is 2.05 bits per heavy atom. The first kappa shape index (κ1) is 14.1. The van der Waals surface area contributed by atoms with Crippen molar-refractivity contribution in [3.8, 4) is 0 Å². The molecule has 1 aromatic heterocycles. The minimum absolute atomic E-state index is 0.204. The molecule has 0 saturated carbocycles. The molecule has 2 rings (SSSR count). The van der Waals surface area contributed by atoms with Gasteiger partial charge in [0, 0.05) is 24.4 Å². The molecule has 0 aliphatic carbocycles. The number of aliphatic imine (C=N–C) groups is 1. The highest BCUT2D eigenvalue weighted by Gasteiger charge is 2.05. The van der Waals surface area contributed by atoms with Gasteiger partial charge in [-0.05, 0) is 17.7 Å². The average Bonchev–Trinajstić information content (AvgIpc) is 2.49. The number of aromatic nitrogens is 1. The molecule has 1 aromatic carbocycles. The number of carbonyl (C=O) groups is 1. The summed E-state index contributed by atoms with van der Waals surface area (Å²) in [5, 5.41) is 9.85. The Balaban J connectivity index is 1.83. The summed E-state index contributed by atoms with van der Waals surface area (Å²) in [6.07, 6.45) is 4.28. The topological polar surface area (TPSA) is 62.5 Å². The molecule has 0 saturated heterocycles. The van der Waals surface area contributed by atoms with Crippen molar-refractivity contribution in [3.05, 3.63) is 66.0 Å². The lowest BCUT2D eigenvalue weighted by Gasteiger charge is -2.07. The number of hydrogen-bond acceptors (Lipinski definition) is 4. The number of hydrogen-bond donors (Lipinski definition) is 1. The SMILES string of the molecule is O=C(C=NCC(O)Cc1ccccc1)c1cccnc1. The lowest BCUT2D eigenvalue weighted by atomic mass is 10.1. The van der Waals surface area contributed by atoms with E-state index in [0.29, 0.717) is 12.0 Å². The van der Waals surface area contributed by atoms with E-state index in [0.717, 1.165) is 5.56 Å². The Morgan fingerprint density at radius 1 is 1.25 bits per heavy atom. The summed E-state index contributed by atoms with van der Waals surface area (Å²) < 4.78 is 0. The number of nitrogens with zero attached hydrogens (tertiary/aromatic N) is 2. The first-order valence-electron chi connectivity index (χ1n) is 6.42. The van der Waals surface area contributed by atoms with Gasteiger partial charge in [0.25, 0.3) is 0 Å². The summed E-state index contributed by atoms with van der Waals surface area (Å²) >= 11 is 0. The zero-order chi connectivity index (χ0) is 14.2. The molecule has 2 aromatic rings. The first-order valence-corrected chi connectivity index (χ1v) is 6.42. The van der Waals surface area contributed by atoms with Gasteiger partial charge in [0.05, 0.1) is 18.9 Å². The molecular weight excluding hydrogens is 252 g/mol. The fourth-order valence-corrected chi connectivity index (χ4v) is 1.79. The summed E-state index contributed by atoms with van der Waals surface area (Å²) in [7, 11) is 0. The third-order valence-corrected chi connectivity index (χ3v) is 2.78. The number of aliphatic hydroxyl groups is 1. The Bertz CT molecular complexity index is 568. The number of aliphatic hydroxyl groups excluding tert-OH is 1. The first-order chi connectivity index (χ1) is 9.75. The second kappa shape index (κ2) is 7.31. The van der Waals surface area contributed by atoms with Crippen LogP contribution in [0.1, 0.15) is 15.9 Å². The Morgan fingerprint density at radius 3 is 2.75 bits per heavy atom. The molecule has 0 spiro atoms. The van der Waals surface area contributed by atoms with Crippen LogP contribution < -0.4 is 0 Å². The van der Waals surface area contributed by atoms with Crippen LogP contribution in [0.2, 0.25) is 0 Å². The van der Waals surface area contributed by atoms with Crippen LogP contribution in [0.3, 0.4) is 0 Å². The second-order valence-corrected chi connectivity index (χ2v) is 4.44. The van der Waals surface area contributed by atoms with Gasteiger partial charge in [-0.25, -0.2) is 0 Å². The molecule has 1 unspecified atom stereocenters. The van der Waals surface area contributed by atoms with E-state index < -0.39 is 6.10 Å². The van der Waals surface area contributed by atoms with E-state index in [4.69, 9.17) is 0 Å². The third-order valence-electron chi connectivity index (χ3n) is 2.78. The predicted octanol–water partition coefficient (Wildman–Crippen LogP) is 1.94. The van der Waals surface area contributed by atoms with Crippen molar-refractivity contribution >= 4 is 12.0 Å². The fourth-order valence-electron chi connectivity index (χ4n) is 1.79. The van der Waals surface area contributed by atoms with Crippen LogP contribution in [-0.4, -0.2) is 34.7 Å². The van der Waals surface area contributed by atoms with Crippen molar-refractivity contribution in [1.82, 2.24) is 4.98 Å². The molecule has 4 nitrogen and oxygen atoms in total. The maximum Gasteiger partial charge on any atom is 0.205 e. The molecule has 0 aliphatic heterocycles. The highest BCUT2D eigenvalue weighted by Crippen LogP contribution is 2.03. The lowest BCUT2D eigenvalue weighted by Crippen LogP contribution is -2.15. The standard InChI is InChI=1S/C16H16N2O2/c19-15(9-13-5-2-1-3-6-13)11-18-12-16(20)14-7-4-8-17-10-14/h1-8,10,12,15,19H,9,11H2. The number of carbonyl (C=O) groups excluding carboxylic acids is 1. The largest absolute Gasteiger partial charge is 0.391 e. The molecule has 0 radical (unpaired) electrons. The van der Waals surface area contributed by atoms with Gasteiger partial charge in [-0.15, -0.1) is 0 Å². The van der Waals surface area contributed by atoms with Crippen molar-refractivity contribution in [2.24, 2.45) is 4.99 Å². The van der Waals surface area contributed by atoms with Gasteiger partial charge in [0.2, 0.25) is 5.78 Å². The minimum atomic E-state index is -0.588. The number of ketones is 1. The van der Waals surface area contributed by atoms with Crippen molar-refractivity contribution in [1.29, 1.82) is 0 Å². The van der Waals surface area contributed by atoms with Gasteiger partial charge in [-0.2, -0.15) is 0 Å². The Labute approximate surface area is 117 Å². The highest BCUT2D eigenvalue weighted by atomic mass is 16.3. The van der Waals surface area contributed by atoms with E-state index in [1.165, 1.54) is 12.4 Å². The number of pyridine rings is 1. The summed E-state index contributed by atoms with van der Waals surface area (Å²) in [4.78, 5) is 19.6. The summed E-state index contributed by atoms with van der Waals surface area (Å²) in [5.41, 5.74) is 1.54. The molecule has 0 aliphatic rings. The molecule has 0 amide bonds. The third kappa shape index (κ3) is 4.40. The predicted molar refractivity (Wildman–Crippen MR) is 78.1 cm³/mol. The smallest absolute Gasteiger partial charge is 0.205 e. The van der Waals surface area contributed by atoms with Crippen LogP contribution in [0.4, 0.5) is 0 Å². The van der Waals surface area contributed by atoms with E-state index in [-0.39, 0.29) is 12.3 Å². The van der Waals surface area contributed by atoms with Crippen LogP contribution in [-0.2, 0) is 6.42 Å². The van der Waals surface area contributed by atoms with E-state index in [2.05, 4.69) is 9.98 Å². The molecule has 102 valence electrons. The van der Waals surface area contributed by atoms with Gasteiger partial charge in [0.1, 0.15) is 0 Å². The zero-order valence-electron chi connectivity index (χ0n) is 11.0. The van der Waals surface area contributed by atoms with Crippen LogP contribution in [0.25, 0.3) is 0 Å². The molecule has 4 heteroatoms. The Kier molecular flexibility index (Phi) is 5.15. The van der Waals surface area contributed by atoms with E-state index in [1.807, 2.05) is 30.3 Å². The molecule has 0 fully saturated rings. The monoisotopic (exact) mass is 268 g/mol. The normalized spacial score (nSPS) is 12.4. The van der Waals surface area contributed by atoms with Gasteiger partial charge >= 0.3 is 0 Å². The highest BCUT2D eigenvalue weighted by molar-refractivity contribution is 6.35. The summed E-state index contributed by atoms with van der Waals surface area (Å²) in [6.45, 7) is 0.209. The summed E-state index contributed by atoms with van der Waals surface area (Å²) in [5.74, 6) is -0.204. The number of Topliss-reactive ketones (excluding diaryl/α,β-unsaturated/α-hetero) is 1.